The van der Waals surface area contributed by atoms with Gasteiger partial charge in [0.1, 0.15) is 0 Å². The number of hydrogen-bond donors (Lipinski definition) is 5. The van der Waals surface area contributed by atoms with E-state index in [1.54, 1.807) is 0 Å². The molecule has 0 radical (unpaired) electrons. The van der Waals surface area contributed by atoms with Crippen LogP contribution in [0, 0.1) is 12.0 Å². The summed E-state index contributed by atoms with van der Waals surface area (Å²) in [6.45, 7) is 0. The number of carboxylic acid groups (broad SMARTS) is 1. The molecule has 8 N–H and O–H groups in total. The summed E-state index contributed by atoms with van der Waals surface area (Å²) in [7, 11) is -1.32. The molecule has 0 bridgehead atoms. The molecule has 0 spiro atoms. The molecule has 1 aromatic rings. The van der Waals surface area contributed by atoms with Crippen molar-refractivity contribution in [3.63, 3.8) is 0 Å². The molecule has 8 heteroatoms. The minimum Gasteiger partial charge on any atom is -0.481 e. The van der Waals surface area contributed by atoms with Gasteiger partial charge in [-0.3, -0.25) is 4.79 Å². The maximum atomic E-state index is 11.8. The number of carbonyl (C=O) groups is 1. The Morgan fingerprint density at radius 1 is 1.40 bits per heavy atom. The van der Waals surface area contributed by atoms with Gasteiger partial charge in [0.25, 0.3) is 0 Å². The van der Waals surface area contributed by atoms with Crippen LogP contribution in [0.15, 0.2) is 12.1 Å². The zero-order valence-electron chi connectivity index (χ0n) is 14.9. The van der Waals surface area contributed by atoms with Crippen molar-refractivity contribution in [2.75, 3.05) is 0 Å². The average molecular weight is 419 g/mol. The van der Waals surface area contributed by atoms with Gasteiger partial charge in [0.05, 0.1) is 5.92 Å². The van der Waals surface area contributed by atoms with Crippen molar-refractivity contribution in [1.82, 2.24) is 6.15 Å². The molecule has 1 aromatic carbocycles. The summed E-state index contributed by atoms with van der Waals surface area (Å²) in [5, 5.41) is 27.6. The molecular formula is C17H26BN2O4Rb. The van der Waals surface area contributed by atoms with Crippen LogP contribution in [0.4, 0.5) is 0 Å². The summed E-state index contributed by atoms with van der Waals surface area (Å²) in [6.07, 6.45) is 5.24. The number of aliphatic carboxylic acids is 1. The first kappa shape index (κ1) is 23.4. The smallest absolute Gasteiger partial charge is 0.481 e. The van der Waals surface area contributed by atoms with Crippen molar-refractivity contribution in [3.05, 3.63) is 34.9 Å². The second-order valence-corrected chi connectivity index (χ2v) is 7.03. The fourth-order valence-electron chi connectivity index (χ4n) is 3.94. The van der Waals surface area contributed by atoms with Crippen LogP contribution in [0.5, 0.6) is 0 Å². The van der Waals surface area contributed by atoms with Gasteiger partial charge >= 0.3 is 71.3 Å². The van der Waals surface area contributed by atoms with Crippen LogP contribution < -0.4 is 70.1 Å². The van der Waals surface area contributed by atoms with Crippen molar-refractivity contribution >= 4 is 13.1 Å². The van der Waals surface area contributed by atoms with Crippen molar-refractivity contribution in [1.29, 1.82) is 0 Å². The molecule has 2 unspecified atom stereocenters. The topological polar surface area (TPSA) is 139 Å². The number of rotatable bonds is 6. The van der Waals surface area contributed by atoms with E-state index in [1.165, 1.54) is 0 Å². The molecule has 6 nitrogen and oxygen atoms in total. The van der Waals surface area contributed by atoms with E-state index in [9.17, 15) is 9.90 Å². The molecule has 0 aliphatic heterocycles. The van der Waals surface area contributed by atoms with Crippen molar-refractivity contribution in [2.45, 2.75) is 56.3 Å². The molecule has 2 aliphatic carbocycles. The second kappa shape index (κ2) is 9.55. The number of nitrogens with two attached hydrogens (primary N) is 1. The fraction of sp³-hybridized carbons (Fsp3) is 0.588. The zero-order valence-corrected chi connectivity index (χ0v) is 19.8. The predicted molar refractivity (Wildman–Crippen MR) is 91.8 cm³/mol. The second-order valence-electron chi connectivity index (χ2n) is 7.03. The Kier molecular flexibility index (Phi) is 8.96. The Hall–Kier alpha value is 0.400. The van der Waals surface area contributed by atoms with E-state index in [0.717, 1.165) is 36.0 Å². The normalized spacial score (nSPS) is 22.8. The fourth-order valence-corrected chi connectivity index (χ4v) is 3.94. The SMILES string of the molecule is N.NC1(c2[c-]cc3c(c2)C(C(=O)O)C(CCCB(O)O)C3)CCC1.[Rb+]. The van der Waals surface area contributed by atoms with Gasteiger partial charge < -0.3 is 27.0 Å². The van der Waals surface area contributed by atoms with Crippen LogP contribution in [0.2, 0.25) is 6.32 Å². The molecule has 0 aromatic heterocycles. The number of benzene rings is 1. The molecule has 2 aliphatic rings. The molecule has 25 heavy (non-hydrogen) atoms. The summed E-state index contributed by atoms with van der Waals surface area (Å²) < 4.78 is 0. The van der Waals surface area contributed by atoms with Gasteiger partial charge in [-0.2, -0.15) is 23.8 Å². The predicted octanol–water partition coefficient (Wildman–Crippen LogP) is -1.42. The summed E-state index contributed by atoms with van der Waals surface area (Å²) >= 11 is 0. The largest absolute Gasteiger partial charge is 1.00 e. The van der Waals surface area contributed by atoms with Gasteiger partial charge in [0.15, 0.2) is 0 Å². The van der Waals surface area contributed by atoms with E-state index in [2.05, 4.69) is 6.07 Å². The minimum absolute atomic E-state index is 0. The quantitative estimate of drug-likeness (QED) is 0.284. The average Bonchev–Trinajstić information content (AvgIpc) is 2.81. The van der Waals surface area contributed by atoms with E-state index in [1.807, 2.05) is 12.1 Å². The van der Waals surface area contributed by atoms with Crippen molar-refractivity contribution < 1.29 is 78.1 Å². The molecule has 2 atom stereocenters. The van der Waals surface area contributed by atoms with Gasteiger partial charge in [0, 0.05) is 5.54 Å². The van der Waals surface area contributed by atoms with Crippen LogP contribution in [-0.4, -0.2) is 28.2 Å². The molecule has 1 fully saturated rings. The summed E-state index contributed by atoms with van der Waals surface area (Å²) in [6, 6.07) is 7.13. The Morgan fingerprint density at radius 3 is 2.60 bits per heavy atom. The van der Waals surface area contributed by atoms with Crippen LogP contribution in [0.1, 0.15) is 54.7 Å². The van der Waals surface area contributed by atoms with E-state index < -0.39 is 19.0 Å². The summed E-state index contributed by atoms with van der Waals surface area (Å²) in [5.41, 5.74) is 8.86. The van der Waals surface area contributed by atoms with E-state index in [0.29, 0.717) is 19.3 Å². The molecule has 0 saturated heterocycles. The van der Waals surface area contributed by atoms with E-state index in [4.69, 9.17) is 15.8 Å². The first-order valence-electron chi connectivity index (χ1n) is 8.33. The first-order chi connectivity index (χ1) is 10.9. The van der Waals surface area contributed by atoms with E-state index >= 15 is 0 Å². The van der Waals surface area contributed by atoms with Crippen molar-refractivity contribution in [3.8, 4) is 0 Å². The zero-order chi connectivity index (χ0) is 16.6. The van der Waals surface area contributed by atoms with Gasteiger partial charge in [0.2, 0.25) is 0 Å². The van der Waals surface area contributed by atoms with Gasteiger partial charge in [-0.1, -0.05) is 19.3 Å². The molecule has 1 saturated carbocycles. The number of hydrogen-bond acceptors (Lipinski definition) is 5. The van der Waals surface area contributed by atoms with Crippen LogP contribution in [0.25, 0.3) is 0 Å². The van der Waals surface area contributed by atoms with Crippen LogP contribution in [-0.2, 0) is 16.8 Å². The molecule has 132 valence electrons. The Labute approximate surface area is 198 Å². The summed E-state index contributed by atoms with van der Waals surface area (Å²) in [5.74, 6) is -1.34. The maximum Gasteiger partial charge on any atom is 1.00 e. The van der Waals surface area contributed by atoms with Crippen molar-refractivity contribution in [2.24, 2.45) is 11.7 Å². The Balaban J connectivity index is 0.00000156. The standard InChI is InChI=1S/C17H23BNO4.H3N.Rb/c19-17(6-2-7-17)13-5-4-11-9-12(3-1-8-18(22)23)15(16(20)21)14(11)10-13;;/h4,10,12,15,22-23H,1-3,6-9,19H2,(H,20,21);1H3;/q-1;;+1. The van der Waals surface area contributed by atoms with Crippen LogP contribution >= 0.6 is 0 Å². The first-order valence-corrected chi connectivity index (χ1v) is 8.33. The number of carboxylic acids is 1. The number of fused-ring (bicyclic) bond motifs is 1. The Bertz CT molecular complexity index is 610. The molecular weight excluding hydrogens is 392 g/mol. The van der Waals surface area contributed by atoms with Gasteiger partial charge in [-0.25, -0.2) is 0 Å². The van der Waals surface area contributed by atoms with E-state index in [-0.39, 0.29) is 82.1 Å². The molecule has 3 rings (SSSR count). The maximum absolute atomic E-state index is 11.8. The molecule has 0 amide bonds. The van der Waals surface area contributed by atoms with Gasteiger partial charge in [-0.15, -0.1) is 11.1 Å². The summed E-state index contributed by atoms with van der Waals surface area (Å²) in [4.78, 5) is 11.8. The Morgan fingerprint density at radius 2 is 2.08 bits per heavy atom. The third-order valence-electron chi connectivity index (χ3n) is 5.45. The van der Waals surface area contributed by atoms with Gasteiger partial charge in [-0.05, 0) is 31.5 Å². The third kappa shape index (κ3) is 5.02. The van der Waals surface area contributed by atoms with Crippen LogP contribution in [0.3, 0.4) is 0 Å². The third-order valence-corrected chi connectivity index (χ3v) is 5.45. The monoisotopic (exact) mass is 418 g/mol. The minimum atomic E-state index is -1.32. The molecule has 0 heterocycles.